The number of likely N-dealkylation sites (N-methyl/N-ethyl adjacent to an activating group) is 1. The molecule has 1 unspecified atom stereocenters. The average molecular weight is 312 g/mol. The number of nitrogens with one attached hydrogen (secondary N) is 1. The molecule has 118 valence electrons. The van der Waals surface area contributed by atoms with Gasteiger partial charge in [0.2, 0.25) is 10.0 Å². The molecule has 1 aliphatic heterocycles. The summed E-state index contributed by atoms with van der Waals surface area (Å²) in [5, 5.41) is 0. The maximum absolute atomic E-state index is 12.2. The Morgan fingerprint density at radius 3 is 2.67 bits per heavy atom. The monoisotopic (exact) mass is 312 g/mol. The molecule has 1 aliphatic rings. The largest absolute Gasteiger partial charge is 0.399 e. The first-order valence-corrected chi connectivity index (χ1v) is 8.69. The van der Waals surface area contributed by atoms with Crippen molar-refractivity contribution in [3.8, 4) is 0 Å². The first kappa shape index (κ1) is 16.1. The number of benzene rings is 1. The fourth-order valence-electron chi connectivity index (χ4n) is 2.80. The number of nitrogens with zero attached hydrogens (tertiary/aromatic N) is 2. The van der Waals surface area contributed by atoms with Crippen molar-refractivity contribution in [1.82, 2.24) is 9.62 Å². The zero-order valence-electron chi connectivity index (χ0n) is 12.8. The van der Waals surface area contributed by atoms with Gasteiger partial charge in [-0.3, -0.25) is 4.90 Å². The van der Waals surface area contributed by atoms with Gasteiger partial charge in [-0.2, -0.15) is 0 Å². The molecule has 2 rings (SSSR count). The molecule has 1 saturated heterocycles. The van der Waals surface area contributed by atoms with Gasteiger partial charge in [0.05, 0.1) is 5.69 Å². The van der Waals surface area contributed by atoms with E-state index in [9.17, 15) is 8.42 Å². The normalized spacial score (nSPS) is 20.7. The Morgan fingerprint density at radius 1 is 1.38 bits per heavy atom. The van der Waals surface area contributed by atoms with Crippen LogP contribution in [0.4, 0.5) is 11.4 Å². The van der Waals surface area contributed by atoms with Crippen LogP contribution >= 0.6 is 0 Å². The molecule has 1 atom stereocenters. The molecular formula is C14H24N4O2S. The number of rotatable bonds is 4. The van der Waals surface area contributed by atoms with E-state index in [1.165, 1.54) is 13.1 Å². The third kappa shape index (κ3) is 3.30. The van der Waals surface area contributed by atoms with Crippen LogP contribution < -0.4 is 15.4 Å². The highest BCUT2D eigenvalue weighted by molar-refractivity contribution is 7.89. The number of nitrogen functional groups attached to an aromatic ring is 1. The van der Waals surface area contributed by atoms with E-state index in [0.717, 1.165) is 31.9 Å². The van der Waals surface area contributed by atoms with Gasteiger partial charge in [-0.05, 0) is 38.7 Å². The highest BCUT2D eigenvalue weighted by Crippen LogP contribution is 2.29. The molecule has 1 heterocycles. The van der Waals surface area contributed by atoms with Crippen LogP contribution in [0.25, 0.3) is 0 Å². The van der Waals surface area contributed by atoms with Crippen LogP contribution in [-0.2, 0) is 10.0 Å². The SMILES string of the molecule is CCN1CCN(c2ccc(N)cc2S(=O)(=O)NC)CC1C. The third-order valence-corrected chi connectivity index (χ3v) is 5.50. The van der Waals surface area contributed by atoms with Gasteiger partial charge < -0.3 is 10.6 Å². The lowest BCUT2D eigenvalue weighted by atomic mass is 10.1. The maximum atomic E-state index is 12.2. The van der Waals surface area contributed by atoms with Crippen molar-refractivity contribution in [2.45, 2.75) is 24.8 Å². The van der Waals surface area contributed by atoms with Crippen molar-refractivity contribution in [2.75, 3.05) is 43.9 Å². The Kier molecular flexibility index (Phi) is 4.75. The Bertz CT molecular complexity index is 603. The van der Waals surface area contributed by atoms with E-state index >= 15 is 0 Å². The summed E-state index contributed by atoms with van der Waals surface area (Å²) in [7, 11) is -2.11. The zero-order valence-corrected chi connectivity index (χ0v) is 13.7. The van der Waals surface area contributed by atoms with E-state index in [0.29, 0.717) is 11.7 Å². The second kappa shape index (κ2) is 6.21. The molecule has 0 radical (unpaired) electrons. The lowest BCUT2D eigenvalue weighted by Gasteiger charge is -2.41. The zero-order chi connectivity index (χ0) is 15.6. The van der Waals surface area contributed by atoms with Crippen LogP contribution in [0.2, 0.25) is 0 Å². The van der Waals surface area contributed by atoms with Crippen LogP contribution in [0.15, 0.2) is 23.1 Å². The minimum absolute atomic E-state index is 0.252. The van der Waals surface area contributed by atoms with E-state index in [2.05, 4.69) is 28.4 Å². The minimum atomic E-state index is -3.52. The summed E-state index contributed by atoms with van der Waals surface area (Å²) in [4.78, 5) is 4.77. The van der Waals surface area contributed by atoms with Gasteiger partial charge in [0.1, 0.15) is 4.90 Å². The van der Waals surface area contributed by atoms with E-state index in [-0.39, 0.29) is 4.90 Å². The molecule has 0 aromatic heterocycles. The Hall–Kier alpha value is -1.31. The van der Waals surface area contributed by atoms with Gasteiger partial charge in [-0.25, -0.2) is 13.1 Å². The number of sulfonamides is 1. The standard InChI is InChI=1S/C14H24N4O2S/c1-4-17-7-8-18(10-11(17)2)13-6-5-12(15)9-14(13)21(19,20)16-3/h5-6,9,11,16H,4,7-8,10,15H2,1-3H3. The van der Waals surface area contributed by atoms with E-state index in [1.54, 1.807) is 12.1 Å². The van der Waals surface area contributed by atoms with Crippen molar-refractivity contribution >= 4 is 21.4 Å². The van der Waals surface area contributed by atoms with Crippen molar-refractivity contribution in [3.05, 3.63) is 18.2 Å². The molecule has 1 fully saturated rings. The number of hydrogen-bond acceptors (Lipinski definition) is 5. The first-order chi connectivity index (χ1) is 9.89. The summed E-state index contributed by atoms with van der Waals surface area (Å²) >= 11 is 0. The highest BCUT2D eigenvalue weighted by atomic mass is 32.2. The summed E-state index contributed by atoms with van der Waals surface area (Å²) in [5.74, 6) is 0. The fourth-order valence-corrected chi connectivity index (χ4v) is 3.78. The molecule has 0 saturated carbocycles. The number of nitrogens with two attached hydrogens (primary N) is 1. The second-order valence-corrected chi connectivity index (χ2v) is 7.21. The summed E-state index contributed by atoms with van der Waals surface area (Å²) < 4.78 is 26.8. The van der Waals surface area contributed by atoms with E-state index < -0.39 is 10.0 Å². The smallest absolute Gasteiger partial charge is 0.242 e. The molecule has 0 aliphatic carbocycles. The second-order valence-electron chi connectivity index (χ2n) is 5.36. The molecule has 3 N–H and O–H groups in total. The van der Waals surface area contributed by atoms with Gasteiger partial charge in [-0.1, -0.05) is 6.92 Å². The van der Waals surface area contributed by atoms with Crippen LogP contribution in [-0.4, -0.2) is 52.6 Å². The molecule has 6 nitrogen and oxygen atoms in total. The van der Waals surface area contributed by atoms with E-state index in [4.69, 9.17) is 5.73 Å². The predicted octanol–water partition coefficient (Wildman–Crippen LogP) is 0.707. The van der Waals surface area contributed by atoms with Crippen molar-refractivity contribution < 1.29 is 8.42 Å². The van der Waals surface area contributed by atoms with Crippen molar-refractivity contribution in [2.24, 2.45) is 0 Å². The van der Waals surface area contributed by atoms with Crippen molar-refractivity contribution in [1.29, 1.82) is 0 Å². The van der Waals surface area contributed by atoms with Crippen LogP contribution in [0.3, 0.4) is 0 Å². The fraction of sp³-hybridized carbons (Fsp3) is 0.571. The van der Waals surface area contributed by atoms with Crippen molar-refractivity contribution in [3.63, 3.8) is 0 Å². The quantitative estimate of drug-likeness (QED) is 0.801. The summed E-state index contributed by atoms with van der Waals surface area (Å²) in [6.07, 6.45) is 0. The molecule has 0 amide bonds. The minimum Gasteiger partial charge on any atom is -0.399 e. The molecule has 1 aromatic carbocycles. The summed E-state index contributed by atoms with van der Waals surface area (Å²) in [6.45, 7) is 7.88. The van der Waals surface area contributed by atoms with Crippen LogP contribution in [0, 0.1) is 0 Å². The Balaban J connectivity index is 2.37. The molecule has 7 heteroatoms. The predicted molar refractivity (Wildman–Crippen MR) is 86.0 cm³/mol. The topological polar surface area (TPSA) is 78.7 Å². The van der Waals surface area contributed by atoms with Gasteiger partial charge in [0, 0.05) is 31.4 Å². The highest BCUT2D eigenvalue weighted by Gasteiger charge is 2.27. The van der Waals surface area contributed by atoms with Crippen LogP contribution in [0.1, 0.15) is 13.8 Å². The molecule has 0 bridgehead atoms. The number of hydrogen-bond donors (Lipinski definition) is 2. The Labute approximate surface area is 127 Å². The lowest BCUT2D eigenvalue weighted by molar-refractivity contribution is 0.199. The van der Waals surface area contributed by atoms with Gasteiger partial charge in [-0.15, -0.1) is 0 Å². The summed E-state index contributed by atoms with van der Waals surface area (Å²) in [5.41, 5.74) is 6.94. The average Bonchev–Trinajstić information content (AvgIpc) is 2.47. The first-order valence-electron chi connectivity index (χ1n) is 7.21. The summed E-state index contributed by atoms with van der Waals surface area (Å²) in [6, 6.07) is 5.47. The molecular weight excluding hydrogens is 288 g/mol. The van der Waals surface area contributed by atoms with Gasteiger partial charge in [0.15, 0.2) is 0 Å². The molecule has 0 spiro atoms. The van der Waals surface area contributed by atoms with E-state index in [1.807, 2.05) is 0 Å². The maximum Gasteiger partial charge on any atom is 0.242 e. The lowest BCUT2D eigenvalue weighted by Crippen LogP contribution is -2.52. The third-order valence-electron chi connectivity index (χ3n) is 4.05. The van der Waals surface area contributed by atoms with Crippen LogP contribution in [0.5, 0.6) is 0 Å². The van der Waals surface area contributed by atoms with Gasteiger partial charge >= 0.3 is 0 Å². The Morgan fingerprint density at radius 2 is 2.10 bits per heavy atom. The molecule has 1 aromatic rings. The number of anilines is 2. The van der Waals surface area contributed by atoms with Gasteiger partial charge in [0.25, 0.3) is 0 Å². The number of piperazine rings is 1. The molecule has 21 heavy (non-hydrogen) atoms.